The first kappa shape index (κ1) is 14.6. The van der Waals surface area contributed by atoms with Gasteiger partial charge in [-0.1, -0.05) is 6.92 Å². The van der Waals surface area contributed by atoms with Crippen LogP contribution < -0.4 is 5.32 Å². The van der Waals surface area contributed by atoms with Crippen LogP contribution in [-0.2, 0) is 0 Å². The van der Waals surface area contributed by atoms with Gasteiger partial charge in [-0.25, -0.2) is 4.79 Å². The molecule has 0 spiro atoms. The van der Waals surface area contributed by atoms with Crippen LogP contribution in [0.3, 0.4) is 0 Å². The van der Waals surface area contributed by atoms with Gasteiger partial charge in [0.15, 0.2) is 5.78 Å². The molecule has 108 valence electrons. The van der Waals surface area contributed by atoms with Gasteiger partial charge in [0.2, 0.25) is 0 Å². The van der Waals surface area contributed by atoms with E-state index < -0.39 is 0 Å². The Kier molecular flexibility index (Phi) is 4.77. The number of nitrogens with zero attached hydrogens (tertiary/aromatic N) is 1. The first-order valence-corrected chi connectivity index (χ1v) is 7.27. The monoisotopic (exact) mass is 274 g/mol. The lowest BCUT2D eigenvalue weighted by molar-refractivity contribution is 0.101. The number of amides is 2. The molecule has 4 nitrogen and oxygen atoms in total. The van der Waals surface area contributed by atoms with Crippen molar-refractivity contribution in [3.05, 3.63) is 29.8 Å². The molecule has 1 aromatic rings. The third kappa shape index (κ3) is 4.08. The summed E-state index contributed by atoms with van der Waals surface area (Å²) in [7, 11) is 0. The standard InChI is InChI=1S/C16H22N2O2/c1-3-10-18(11-13-4-5-13)16(20)17-15-8-6-14(7-9-15)12(2)19/h6-9,13H,3-5,10-11H2,1-2H3,(H,17,20). The summed E-state index contributed by atoms with van der Waals surface area (Å²) in [6.45, 7) is 5.25. The first-order chi connectivity index (χ1) is 9.60. The largest absolute Gasteiger partial charge is 0.324 e. The second-order valence-corrected chi connectivity index (χ2v) is 5.45. The van der Waals surface area contributed by atoms with Gasteiger partial charge >= 0.3 is 6.03 Å². The van der Waals surface area contributed by atoms with Crippen LogP contribution in [0, 0.1) is 5.92 Å². The molecular formula is C16H22N2O2. The summed E-state index contributed by atoms with van der Waals surface area (Å²) in [4.78, 5) is 25.3. The Morgan fingerprint density at radius 1 is 1.25 bits per heavy atom. The summed E-state index contributed by atoms with van der Waals surface area (Å²) >= 11 is 0. The molecular weight excluding hydrogens is 252 g/mol. The number of hydrogen-bond donors (Lipinski definition) is 1. The van der Waals surface area contributed by atoms with Gasteiger partial charge in [-0.05, 0) is 56.4 Å². The molecule has 0 aliphatic heterocycles. The Balaban J connectivity index is 1.95. The van der Waals surface area contributed by atoms with E-state index in [1.54, 1.807) is 24.3 Å². The number of ketones is 1. The summed E-state index contributed by atoms with van der Waals surface area (Å²) in [6.07, 6.45) is 3.44. The Labute approximate surface area is 120 Å². The summed E-state index contributed by atoms with van der Waals surface area (Å²) < 4.78 is 0. The average molecular weight is 274 g/mol. The van der Waals surface area contributed by atoms with E-state index in [1.165, 1.54) is 19.8 Å². The maximum absolute atomic E-state index is 12.2. The zero-order valence-electron chi connectivity index (χ0n) is 12.2. The lowest BCUT2D eigenvalue weighted by Gasteiger charge is -2.22. The van der Waals surface area contributed by atoms with Crippen molar-refractivity contribution in [1.29, 1.82) is 0 Å². The van der Waals surface area contributed by atoms with E-state index in [1.807, 2.05) is 4.90 Å². The van der Waals surface area contributed by atoms with E-state index in [0.29, 0.717) is 11.5 Å². The van der Waals surface area contributed by atoms with Crippen molar-refractivity contribution in [2.45, 2.75) is 33.1 Å². The highest BCUT2D eigenvalue weighted by Crippen LogP contribution is 2.30. The predicted molar refractivity (Wildman–Crippen MR) is 80.1 cm³/mol. The number of hydrogen-bond acceptors (Lipinski definition) is 2. The number of benzene rings is 1. The molecule has 4 heteroatoms. The summed E-state index contributed by atoms with van der Waals surface area (Å²) in [5.41, 5.74) is 1.39. The van der Waals surface area contributed by atoms with Crippen LogP contribution in [0.25, 0.3) is 0 Å². The smallest absolute Gasteiger partial charge is 0.321 e. The molecule has 1 aliphatic carbocycles. The fraction of sp³-hybridized carbons (Fsp3) is 0.500. The molecule has 1 N–H and O–H groups in total. The highest BCUT2D eigenvalue weighted by molar-refractivity contribution is 5.95. The number of anilines is 1. The SMILES string of the molecule is CCCN(CC1CC1)C(=O)Nc1ccc(C(C)=O)cc1. The quantitative estimate of drug-likeness (QED) is 0.807. The van der Waals surface area contributed by atoms with Crippen LogP contribution in [-0.4, -0.2) is 29.8 Å². The molecule has 1 aromatic carbocycles. The van der Waals surface area contributed by atoms with Crippen molar-refractivity contribution in [3.63, 3.8) is 0 Å². The Bertz CT molecular complexity index is 478. The molecule has 2 amide bonds. The number of carbonyl (C=O) groups is 2. The molecule has 0 aromatic heterocycles. The number of Topliss-reactive ketones (excluding diaryl/α,β-unsaturated/α-hetero) is 1. The van der Waals surface area contributed by atoms with Gasteiger partial charge in [-0.15, -0.1) is 0 Å². The molecule has 1 fully saturated rings. The molecule has 0 atom stereocenters. The molecule has 0 unspecified atom stereocenters. The van der Waals surface area contributed by atoms with Crippen LogP contribution in [0.4, 0.5) is 10.5 Å². The third-order valence-electron chi connectivity index (χ3n) is 3.50. The predicted octanol–water partition coefficient (Wildman–Crippen LogP) is 3.54. The van der Waals surface area contributed by atoms with E-state index in [9.17, 15) is 9.59 Å². The maximum Gasteiger partial charge on any atom is 0.321 e. The van der Waals surface area contributed by atoms with E-state index in [4.69, 9.17) is 0 Å². The van der Waals surface area contributed by atoms with Crippen LogP contribution in [0.2, 0.25) is 0 Å². The fourth-order valence-electron chi connectivity index (χ4n) is 2.15. The highest BCUT2D eigenvalue weighted by atomic mass is 16.2. The number of rotatable bonds is 6. The molecule has 1 aliphatic rings. The zero-order chi connectivity index (χ0) is 14.5. The topological polar surface area (TPSA) is 49.4 Å². The zero-order valence-corrected chi connectivity index (χ0v) is 12.2. The van der Waals surface area contributed by atoms with Gasteiger partial charge in [0.1, 0.15) is 0 Å². The van der Waals surface area contributed by atoms with E-state index >= 15 is 0 Å². The minimum Gasteiger partial charge on any atom is -0.324 e. The Hall–Kier alpha value is -1.84. The molecule has 0 saturated heterocycles. The first-order valence-electron chi connectivity index (χ1n) is 7.27. The second kappa shape index (κ2) is 6.55. The van der Waals surface area contributed by atoms with Crippen molar-refractivity contribution >= 4 is 17.5 Å². The minimum absolute atomic E-state index is 0.0317. The van der Waals surface area contributed by atoms with Gasteiger partial charge < -0.3 is 10.2 Å². The van der Waals surface area contributed by atoms with Crippen LogP contribution >= 0.6 is 0 Å². The summed E-state index contributed by atoms with van der Waals surface area (Å²) in [5, 5.41) is 2.90. The lowest BCUT2D eigenvalue weighted by atomic mass is 10.1. The van der Waals surface area contributed by atoms with E-state index in [-0.39, 0.29) is 11.8 Å². The van der Waals surface area contributed by atoms with Gasteiger partial charge in [-0.3, -0.25) is 4.79 Å². The van der Waals surface area contributed by atoms with Crippen molar-refractivity contribution in [3.8, 4) is 0 Å². The van der Waals surface area contributed by atoms with E-state index in [0.717, 1.165) is 25.2 Å². The molecule has 0 radical (unpaired) electrons. The van der Waals surface area contributed by atoms with Gasteiger partial charge in [0.05, 0.1) is 0 Å². The summed E-state index contributed by atoms with van der Waals surface area (Å²) in [6, 6.07) is 6.98. The number of carbonyl (C=O) groups excluding carboxylic acids is 2. The molecule has 0 heterocycles. The Morgan fingerprint density at radius 3 is 2.40 bits per heavy atom. The third-order valence-corrected chi connectivity index (χ3v) is 3.50. The maximum atomic E-state index is 12.2. The van der Waals surface area contributed by atoms with Crippen molar-refractivity contribution < 1.29 is 9.59 Å². The molecule has 1 saturated carbocycles. The molecule has 20 heavy (non-hydrogen) atoms. The molecule has 0 bridgehead atoms. The van der Waals surface area contributed by atoms with Gasteiger partial charge in [-0.2, -0.15) is 0 Å². The second-order valence-electron chi connectivity index (χ2n) is 5.45. The van der Waals surface area contributed by atoms with E-state index in [2.05, 4.69) is 12.2 Å². The molecule has 2 rings (SSSR count). The van der Waals surface area contributed by atoms with Crippen LogP contribution in [0.1, 0.15) is 43.5 Å². The van der Waals surface area contributed by atoms with Gasteiger partial charge in [0, 0.05) is 24.3 Å². The van der Waals surface area contributed by atoms with Crippen molar-refractivity contribution in [2.24, 2.45) is 5.92 Å². The highest BCUT2D eigenvalue weighted by Gasteiger charge is 2.26. The van der Waals surface area contributed by atoms with Crippen LogP contribution in [0.15, 0.2) is 24.3 Å². The van der Waals surface area contributed by atoms with Gasteiger partial charge in [0.25, 0.3) is 0 Å². The minimum atomic E-state index is -0.0469. The lowest BCUT2D eigenvalue weighted by Crippen LogP contribution is -2.37. The average Bonchev–Trinajstić information content (AvgIpc) is 3.23. The fourth-order valence-corrected chi connectivity index (χ4v) is 2.15. The number of urea groups is 1. The Morgan fingerprint density at radius 2 is 1.90 bits per heavy atom. The van der Waals surface area contributed by atoms with Crippen molar-refractivity contribution in [1.82, 2.24) is 4.90 Å². The normalized spacial score (nSPS) is 13.9. The summed E-state index contributed by atoms with van der Waals surface area (Å²) in [5.74, 6) is 0.719. The van der Waals surface area contributed by atoms with Crippen molar-refractivity contribution in [2.75, 3.05) is 18.4 Å². The van der Waals surface area contributed by atoms with Crippen LogP contribution in [0.5, 0.6) is 0 Å². The number of nitrogens with one attached hydrogen (secondary N) is 1.